The van der Waals surface area contributed by atoms with Gasteiger partial charge in [0.1, 0.15) is 6.07 Å². The van der Waals surface area contributed by atoms with Gasteiger partial charge in [-0.1, -0.05) is 30.3 Å². The van der Waals surface area contributed by atoms with Crippen LogP contribution in [0, 0.1) is 29.1 Å². The highest BCUT2D eigenvalue weighted by molar-refractivity contribution is 7.78. The molecule has 1 atom stereocenters. The van der Waals surface area contributed by atoms with Gasteiger partial charge in [0.05, 0.1) is 17.0 Å². The molecule has 0 aliphatic heterocycles. The quantitative estimate of drug-likeness (QED) is 0.505. The van der Waals surface area contributed by atoms with E-state index in [1.165, 1.54) is 38.5 Å². The second kappa shape index (κ2) is 7.89. The number of nitrogens with one attached hydrogen (secondary N) is 1. The van der Waals surface area contributed by atoms with Crippen molar-refractivity contribution in [3.05, 3.63) is 53.7 Å². The third-order valence-corrected chi connectivity index (χ3v) is 8.45. The molecule has 7 rings (SSSR count). The molecule has 2 N–H and O–H groups in total. The Morgan fingerprint density at radius 1 is 1.00 bits per heavy atom. The molecule has 7 heteroatoms. The molecule has 0 amide bonds. The lowest BCUT2D eigenvalue weighted by molar-refractivity contribution is 0.0107. The second-order valence-electron chi connectivity index (χ2n) is 10.3. The van der Waals surface area contributed by atoms with Gasteiger partial charge in [-0.2, -0.15) is 5.26 Å². The Morgan fingerprint density at radius 3 is 2.24 bits per heavy atom. The summed E-state index contributed by atoms with van der Waals surface area (Å²) in [6, 6.07) is 16.0. The SMILES string of the molecule is N#Cc1nnc2cc(-c3ccc(CS(=O)O)cc3)ccc2c1NC12CC3CC(CC(C3)C1)C2. The fraction of sp³-hybridized carbons (Fsp3) is 0.423. The van der Waals surface area contributed by atoms with E-state index in [4.69, 9.17) is 4.55 Å². The van der Waals surface area contributed by atoms with E-state index in [2.05, 4.69) is 27.6 Å². The zero-order chi connectivity index (χ0) is 22.6. The molecule has 0 spiro atoms. The maximum atomic E-state index is 11.1. The zero-order valence-electron chi connectivity index (χ0n) is 18.3. The van der Waals surface area contributed by atoms with Crippen LogP contribution in [0.3, 0.4) is 0 Å². The molecule has 0 radical (unpaired) electrons. The van der Waals surface area contributed by atoms with Crippen LogP contribution in [0.15, 0.2) is 42.5 Å². The number of rotatable bonds is 5. The number of benzene rings is 2. The highest BCUT2D eigenvalue weighted by Gasteiger charge is 2.51. The molecule has 1 unspecified atom stereocenters. The molecule has 1 heterocycles. The molecule has 168 valence electrons. The summed E-state index contributed by atoms with van der Waals surface area (Å²) < 4.78 is 20.1. The van der Waals surface area contributed by atoms with Crippen LogP contribution in [0.4, 0.5) is 5.69 Å². The van der Waals surface area contributed by atoms with Crippen LogP contribution in [0.1, 0.15) is 49.8 Å². The summed E-state index contributed by atoms with van der Waals surface area (Å²) in [5.74, 6) is 2.56. The van der Waals surface area contributed by atoms with Crippen LogP contribution < -0.4 is 5.32 Å². The molecule has 1 aromatic heterocycles. The largest absolute Gasteiger partial charge is 0.377 e. The number of aromatic nitrogens is 2. The topological polar surface area (TPSA) is 98.9 Å². The van der Waals surface area contributed by atoms with Gasteiger partial charge in [-0.05, 0) is 85.1 Å². The van der Waals surface area contributed by atoms with Gasteiger partial charge in [0.2, 0.25) is 0 Å². The number of fused-ring (bicyclic) bond motifs is 1. The van der Waals surface area contributed by atoms with E-state index in [9.17, 15) is 9.47 Å². The zero-order valence-corrected chi connectivity index (χ0v) is 19.1. The first kappa shape index (κ1) is 20.8. The van der Waals surface area contributed by atoms with Gasteiger partial charge >= 0.3 is 0 Å². The molecule has 3 aromatic rings. The van der Waals surface area contributed by atoms with Crippen molar-refractivity contribution in [1.82, 2.24) is 10.2 Å². The Bertz CT molecular complexity index is 1260. The van der Waals surface area contributed by atoms with Crippen molar-refractivity contribution in [2.45, 2.75) is 49.8 Å². The van der Waals surface area contributed by atoms with Crippen molar-refractivity contribution >= 4 is 27.7 Å². The average Bonchev–Trinajstić information content (AvgIpc) is 2.78. The van der Waals surface area contributed by atoms with Crippen LogP contribution in [0.5, 0.6) is 0 Å². The second-order valence-corrected chi connectivity index (χ2v) is 11.2. The maximum absolute atomic E-state index is 11.1. The number of nitrogens with zero attached hydrogens (tertiary/aromatic N) is 3. The lowest BCUT2D eigenvalue weighted by Crippen LogP contribution is -2.54. The van der Waals surface area contributed by atoms with Crippen LogP contribution in [-0.4, -0.2) is 24.5 Å². The summed E-state index contributed by atoms with van der Waals surface area (Å²) in [7, 11) is 0. The van der Waals surface area contributed by atoms with Gasteiger partial charge in [-0.3, -0.25) is 0 Å². The minimum Gasteiger partial charge on any atom is -0.377 e. The fourth-order valence-corrected chi connectivity index (χ4v) is 7.43. The molecule has 4 aliphatic rings. The minimum atomic E-state index is -1.85. The minimum absolute atomic E-state index is 0.0810. The Labute approximate surface area is 195 Å². The van der Waals surface area contributed by atoms with Crippen molar-refractivity contribution < 1.29 is 8.76 Å². The standard InChI is InChI=1S/C26H26N4O2S/c27-14-24-25(28-26-11-17-7-18(12-26)9-19(8-17)13-26)22-6-5-21(10-23(22)29-30-24)20-3-1-16(2-4-20)15-33(31)32/h1-6,10,17-19H,7-9,11-13,15H2,(H,28,29)(H,31,32). The van der Waals surface area contributed by atoms with Crippen LogP contribution in [-0.2, 0) is 16.8 Å². The third kappa shape index (κ3) is 3.81. The summed E-state index contributed by atoms with van der Waals surface area (Å²) in [5, 5.41) is 23.2. The Morgan fingerprint density at radius 2 is 1.64 bits per heavy atom. The first-order chi connectivity index (χ1) is 16.0. The normalized spacial score (nSPS) is 28.5. The average molecular weight is 459 g/mol. The van der Waals surface area contributed by atoms with Gasteiger partial charge in [0, 0.05) is 10.9 Å². The van der Waals surface area contributed by atoms with Gasteiger partial charge in [0.25, 0.3) is 0 Å². The maximum Gasteiger partial charge on any atom is 0.186 e. The van der Waals surface area contributed by atoms with Crippen LogP contribution in [0.25, 0.3) is 22.0 Å². The van der Waals surface area contributed by atoms with Gasteiger partial charge in [-0.25, -0.2) is 4.21 Å². The number of hydrogen-bond acceptors (Lipinski definition) is 5. The first-order valence-corrected chi connectivity index (χ1v) is 12.9. The molecule has 4 bridgehead atoms. The van der Waals surface area contributed by atoms with Crippen molar-refractivity contribution in [3.8, 4) is 17.2 Å². The monoisotopic (exact) mass is 458 g/mol. The van der Waals surface area contributed by atoms with E-state index in [1.807, 2.05) is 36.4 Å². The molecule has 6 nitrogen and oxygen atoms in total. The van der Waals surface area contributed by atoms with E-state index < -0.39 is 11.1 Å². The molecule has 4 aliphatic carbocycles. The van der Waals surface area contributed by atoms with E-state index in [0.717, 1.165) is 51.0 Å². The summed E-state index contributed by atoms with van der Waals surface area (Å²) >= 11 is -1.85. The van der Waals surface area contributed by atoms with Gasteiger partial charge < -0.3 is 9.87 Å². The van der Waals surface area contributed by atoms with E-state index in [0.29, 0.717) is 5.69 Å². The van der Waals surface area contributed by atoms with E-state index in [-0.39, 0.29) is 11.3 Å². The molecule has 4 fully saturated rings. The number of nitriles is 1. The summed E-state index contributed by atoms with van der Waals surface area (Å²) in [5.41, 5.74) is 4.87. The molecular formula is C26H26N4O2S. The fourth-order valence-electron chi connectivity index (χ4n) is 6.96. The molecular weight excluding hydrogens is 432 g/mol. The van der Waals surface area contributed by atoms with E-state index >= 15 is 0 Å². The summed E-state index contributed by atoms with van der Waals surface area (Å²) in [4.78, 5) is 0. The third-order valence-electron chi connectivity index (χ3n) is 7.87. The van der Waals surface area contributed by atoms with E-state index in [1.54, 1.807) is 0 Å². The van der Waals surface area contributed by atoms with Gasteiger partial charge in [0.15, 0.2) is 16.8 Å². The molecule has 4 saturated carbocycles. The van der Waals surface area contributed by atoms with Gasteiger partial charge in [-0.15, -0.1) is 10.2 Å². The van der Waals surface area contributed by atoms with Crippen LogP contribution in [0.2, 0.25) is 0 Å². The molecule has 2 aromatic carbocycles. The summed E-state index contributed by atoms with van der Waals surface area (Å²) in [6.07, 6.45) is 7.69. The predicted molar refractivity (Wildman–Crippen MR) is 129 cm³/mol. The highest BCUT2D eigenvalue weighted by Crippen LogP contribution is 2.57. The predicted octanol–water partition coefficient (Wildman–Crippen LogP) is 5.27. The Hall–Kier alpha value is -2.82. The summed E-state index contributed by atoms with van der Waals surface area (Å²) in [6.45, 7) is 0. The Balaban J connectivity index is 1.35. The molecule has 0 saturated heterocycles. The lowest BCUT2D eigenvalue weighted by atomic mass is 9.53. The first-order valence-electron chi connectivity index (χ1n) is 11.7. The Kier molecular flexibility index (Phi) is 4.97. The number of anilines is 1. The van der Waals surface area contributed by atoms with Crippen molar-refractivity contribution in [3.63, 3.8) is 0 Å². The van der Waals surface area contributed by atoms with Crippen molar-refractivity contribution in [2.24, 2.45) is 17.8 Å². The lowest BCUT2D eigenvalue weighted by Gasteiger charge is -2.57. The smallest absolute Gasteiger partial charge is 0.186 e. The highest BCUT2D eigenvalue weighted by atomic mass is 32.2. The van der Waals surface area contributed by atoms with Crippen LogP contribution >= 0.6 is 0 Å². The number of hydrogen-bond donors (Lipinski definition) is 2. The van der Waals surface area contributed by atoms with Crippen molar-refractivity contribution in [2.75, 3.05) is 5.32 Å². The van der Waals surface area contributed by atoms with Crippen molar-refractivity contribution in [1.29, 1.82) is 5.26 Å². The molecule has 33 heavy (non-hydrogen) atoms.